The highest BCUT2D eigenvalue weighted by Crippen LogP contribution is 2.58. The maximum atomic E-state index is 15.6. The topological polar surface area (TPSA) is 13.0 Å². The molecule has 0 aliphatic carbocycles. The van der Waals surface area contributed by atoms with Crippen LogP contribution in [0.1, 0.15) is 66.8 Å². The smallest absolute Gasteiger partial charge is 0.166 e. The van der Waals surface area contributed by atoms with E-state index in [1.807, 2.05) is 49.4 Å². The summed E-state index contributed by atoms with van der Waals surface area (Å²) in [5, 5.41) is 0. The van der Waals surface area contributed by atoms with Crippen LogP contribution in [0.15, 0.2) is 84.4 Å². The molecule has 6 aromatic carbocycles. The van der Waals surface area contributed by atoms with Crippen molar-refractivity contribution in [2.75, 3.05) is 19.6 Å². The molecule has 58 heavy (non-hydrogen) atoms. The first-order valence-corrected chi connectivity index (χ1v) is 19.6. The third-order valence-corrected chi connectivity index (χ3v) is 11.9. The molecule has 8 rings (SSSR count). The summed E-state index contributed by atoms with van der Waals surface area (Å²) in [5.74, 6) is 0.186. The summed E-state index contributed by atoms with van der Waals surface area (Å²) in [6.45, 7) is 22.6. The molecular formula is C50H48F4N4. The second-order valence-electron chi connectivity index (χ2n) is 16.4. The largest absolute Gasteiger partial charge is 0.291 e. The quantitative estimate of drug-likeness (QED) is 0.165. The molecule has 4 nitrogen and oxygen atoms in total. The van der Waals surface area contributed by atoms with Gasteiger partial charge in [0.15, 0.2) is 11.6 Å². The van der Waals surface area contributed by atoms with Crippen LogP contribution in [0.4, 0.5) is 63.1 Å². The van der Waals surface area contributed by atoms with E-state index >= 15 is 17.6 Å². The number of halogens is 4. The maximum absolute atomic E-state index is 15.6. The van der Waals surface area contributed by atoms with Crippen molar-refractivity contribution in [2.45, 2.75) is 83.1 Å². The Bertz CT molecular complexity index is 2620. The second-order valence-corrected chi connectivity index (χ2v) is 16.4. The van der Waals surface area contributed by atoms with Crippen molar-refractivity contribution in [2.24, 2.45) is 0 Å². The van der Waals surface area contributed by atoms with Crippen molar-refractivity contribution < 1.29 is 17.6 Å². The molecule has 0 aromatic heterocycles. The highest BCUT2D eigenvalue weighted by atomic mass is 19.1. The monoisotopic (exact) mass is 780 g/mol. The van der Waals surface area contributed by atoms with E-state index in [1.54, 1.807) is 54.5 Å². The molecule has 2 aliphatic heterocycles. The number of rotatable bonds is 4. The van der Waals surface area contributed by atoms with E-state index in [4.69, 9.17) is 0 Å². The Hall–Kier alpha value is -6.02. The zero-order valence-electron chi connectivity index (χ0n) is 35.2. The molecule has 0 saturated carbocycles. The molecule has 0 saturated heterocycles. The predicted octanol–water partition coefficient (Wildman–Crippen LogP) is 14.4. The Balaban J connectivity index is 1.64. The normalized spacial score (nSPS) is 13.7. The molecule has 2 aliphatic rings. The summed E-state index contributed by atoms with van der Waals surface area (Å²) in [5.41, 5.74) is 14.7. The Morgan fingerprint density at radius 2 is 0.517 bits per heavy atom. The summed E-state index contributed by atoms with van der Waals surface area (Å²) in [6.07, 6.45) is 0. The van der Waals surface area contributed by atoms with Gasteiger partial charge in [0.05, 0.1) is 28.4 Å². The van der Waals surface area contributed by atoms with E-state index in [-0.39, 0.29) is 23.3 Å². The van der Waals surface area contributed by atoms with Gasteiger partial charge >= 0.3 is 0 Å². The van der Waals surface area contributed by atoms with E-state index in [9.17, 15) is 0 Å². The van der Waals surface area contributed by atoms with Gasteiger partial charge in [-0.15, -0.1) is 0 Å². The Morgan fingerprint density at radius 3 is 0.828 bits per heavy atom. The fourth-order valence-electron chi connectivity index (χ4n) is 8.54. The molecule has 0 spiro atoms. The molecule has 0 atom stereocenters. The highest BCUT2D eigenvalue weighted by molar-refractivity contribution is 6.01. The first-order chi connectivity index (χ1) is 27.4. The summed E-state index contributed by atoms with van der Waals surface area (Å²) in [6, 6.07) is 23.2. The molecule has 8 heteroatoms. The third-order valence-electron chi connectivity index (χ3n) is 11.9. The van der Waals surface area contributed by atoms with Gasteiger partial charge in [-0.2, -0.15) is 0 Å². The van der Waals surface area contributed by atoms with Gasteiger partial charge in [0.2, 0.25) is 0 Å². The lowest BCUT2D eigenvalue weighted by Crippen LogP contribution is -2.34. The zero-order chi connectivity index (χ0) is 41.8. The Morgan fingerprint density at radius 1 is 0.259 bits per heavy atom. The average Bonchev–Trinajstić information content (AvgIpc) is 3.64. The molecule has 0 N–H and O–H groups in total. The van der Waals surface area contributed by atoms with E-state index in [0.29, 0.717) is 56.1 Å². The molecule has 0 fully saturated rings. The fraction of sp³-hybridized carbons (Fsp3) is 0.240. The van der Waals surface area contributed by atoms with Crippen LogP contribution in [-0.2, 0) is 0 Å². The Kier molecular flexibility index (Phi) is 9.26. The lowest BCUT2D eigenvalue weighted by Gasteiger charge is -2.35. The van der Waals surface area contributed by atoms with Crippen molar-refractivity contribution in [3.63, 3.8) is 0 Å². The van der Waals surface area contributed by atoms with Gasteiger partial charge in [-0.1, -0.05) is 0 Å². The maximum Gasteiger partial charge on any atom is 0.166 e. The molecule has 6 aromatic rings. The van der Waals surface area contributed by atoms with Crippen LogP contribution in [0, 0.1) is 106 Å². The van der Waals surface area contributed by atoms with E-state index in [0.717, 1.165) is 67.8 Å². The zero-order valence-corrected chi connectivity index (χ0v) is 35.2. The number of benzene rings is 6. The molecular weight excluding hydrogens is 733 g/mol. The number of aryl methyl sites for hydroxylation is 12. The van der Waals surface area contributed by atoms with Gasteiger partial charge in [-0.25, -0.2) is 17.6 Å². The lowest BCUT2D eigenvalue weighted by atomic mass is 10.1. The van der Waals surface area contributed by atoms with Gasteiger partial charge in [0, 0.05) is 17.1 Å². The minimum absolute atomic E-state index is 0.281. The lowest BCUT2D eigenvalue weighted by molar-refractivity contribution is 0.609. The molecule has 0 unspecified atom stereocenters. The summed E-state index contributed by atoms with van der Waals surface area (Å²) >= 11 is 0. The third kappa shape index (κ3) is 5.95. The van der Waals surface area contributed by atoms with Crippen molar-refractivity contribution in [3.05, 3.63) is 174 Å². The first kappa shape index (κ1) is 38.8. The van der Waals surface area contributed by atoms with Gasteiger partial charge in [0.25, 0.3) is 0 Å². The van der Waals surface area contributed by atoms with E-state index in [2.05, 4.69) is 71.6 Å². The van der Waals surface area contributed by atoms with E-state index < -0.39 is 0 Å². The van der Waals surface area contributed by atoms with Crippen molar-refractivity contribution in [1.82, 2.24) is 0 Å². The molecule has 296 valence electrons. The molecule has 0 radical (unpaired) electrons. The number of anilines is 8. The fourth-order valence-corrected chi connectivity index (χ4v) is 8.54. The van der Waals surface area contributed by atoms with Crippen molar-refractivity contribution in [3.8, 4) is 0 Å². The summed E-state index contributed by atoms with van der Waals surface area (Å²) in [4.78, 5) is 8.65. The Labute approximate surface area is 339 Å². The van der Waals surface area contributed by atoms with Crippen molar-refractivity contribution >= 4 is 45.5 Å². The number of nitrogens with zero attached hydrogens (tertiary/aromatic N) is 4. The van der Waals surface area contributed by atoms with Crippen LogP contribution in [0.5, 0.6) is 0 Å². The van der Waals surface area contributed by atoms with Gasteiger partial charge < -0.3 is 0 Å². The molecule has 0 bridgehead atoms. The molecule has 2 heterocycles. The number of fused-ring (bicyclic) bond motifs is 2. The van der Waals surface area contributed by atoms with E-state index in [1.165, 1.54) is 0 Å². The van der Waals surface area contributed by atoms with Crippen LogP contribution < -0.4 is 19.6 Å². The van der Waals surface area contributed by atoms with Gasteiger partial charge in [0.1, 0.15) is 23.3 Å². The summed E-state index contributed by atoms with van der Waals surface area (Å²) < 4.78 is 62.1. The second kappa shape index (κ2) is 13.8. The highest BCUT2D eigenvalue weighted by Gasteiger charge is 2.45. The van der Waals surface area contributed by atoms with Crippen LogP contribution in [0.25, 0.3) is 0 Å². The van der Waals surface area contributed by atoms with Gasteiger partial charge in [-0.05, 0) is 223 Å². The van der Waals surface area contributed by atoms with Crippen LogP contribution in [-0.4, -0.2) is 0 Å². The number of hydrogen-bond acceptors (Lipinski definition) is 4. The minimum Gasteiger partial charge on any atom is -0.291 e. The first-order valence-electron chi connectivity index (χ1n) is 19.6. The SMILES string of the molecule is Cc1cc2c(cc1C)N(c1cc(C)c(F)c(C)c1)C(=C1N(c3cc(C)c(F)c(C)c3)c3cc(C)c(C)cc3N1c1cc(C)c(F)cc1C)N2c1cc(C)c(F)c(C)c1. The average molecular weight is 781 g/mol. The minimum atomic E-state index is -0.311. The number of hydrogen-bond donors (Lipinski definition) is 0. The standard InChI is InChI=1S/C50H48F4N4/c1-25-20-42-43(21-26(25)2)56(38-15-33(9)47(53)34(10)16-38)49(55(42)37-13-31(7)46(52)32(8)14-37)50-57(39-17-35(11)48(54)36(12)18-39)44-22-27(3)28(4)23-45(44)58(50)41-24-29(5)40(51)19-30(41)6/h13-24H,1-12H3. The molecule has 0 amide bonds. The summed E-state index contributed by atoms with van der Waals surface area (Å²) in [7, 11) is 0. The van der Waals surface area contributed by atoms with Gasteiger partial charge in [-0.3, -0.25) is 19.6 Å². The van der Waals surface area contributed by atoms with Crippen LogP contribution >= 0.6 is 0 Å². The van der Waals surface area contributed by atoms with Crippen molar-refractivity contribution in [1.29, 1.82) is 0 Å². The van der Waals surface area contributed by atoms with Crippen LogP contribution in [0.3, 0.4) is 0 Å². The predicted molar refractivity (Wildman–Crippen MR) is 231 cm³/mol. The van der Waals surface area contributed by atoms with Crippen LogP contribution in [0.2, 0.25) is 0 Å².